The summed E-state index contributed by atoms with van der Waals surface area (Å²) in [6.45, 7) is 4.07. The van der Waals surface area contributed by atoms with Gasteiger partial charge in [0.1, 0.15) is 0 Å². The molecule has 0 heterocycles. The second kappa shape index (κ2) is 6.19. The predicted molar refractivity (Wildman–Crippen MR) is 61.7 cm³/mol. The number of nitrogens with two attached hydrogens (primary N) is 1. The fourth-order valence-electron chi connectivity index (χ4n) is 1.45. The summed E-state index contributed by atoms with van der Waals surface area (Å²) in [6.07, 6.45) is 0.854. The van der Waals surface area contributed by atoms with Crippen LogP contribution in [0.2, 0.25) is 0 Å². The van der Waals surface area contributed by atoms with E-state index in [0.717, 1.165) is 25.1 Å². The highest BCUT2D eigenvalue weighted by Gasteiger charge is 2.12. The summed E-state index contributed by atoms with van der Waals surface area (Å²) in [4.78, 5) is 13.8. The van der Waals surface area contributed by atoms with Crippen molar-refractivity contribution in [3.8, 4) is 0 Å². The molecule has 0 aliphatic carbocycles. The van der Waals surface area contributed by atoms with Gasteiger partial charge in [-0.15, -0.1) is 0 Å². The Morgan fingerprint density at radius 1 is 1.33 bits per heavy atom. The van der Waals surface area contributed by atoms with Gasteiger partial charge in [-0.2, -0.15) is 0 Å². The van der Waals surface area contributed by atoms with Gasteiger partial charge in [0, 0.05) is 18.7 Å². The van der Waals surface area contributed by atoms with E-state index in [4.69, 9.17) is 5.73 Å². The van der Waals surface area contributed by atoms with Gasteiger partial charge in [0.05, 0.1) is 0 Å². The molecular formula is C12H18N2O. The number of hydrogen-bond acceptors (Lipinski definition) is 2. The van der Waals surface area contributed by atoms with Crippen molar-refractivity contribution in [3.05, 3.63) is 35.9 Å². The van der Waals surface area contributed by atoms with Gasteiger partial charge in [-0.3, -0.25) is 4.79 Å². The van der Waals surface area contributed by atoms with Gasteiger partial charge < -0.3 is 10.6 Å². The fraction of sp³-hybridized carbons (Fsp3) is 0.417. The van der Waals surface area contributed by atoms with Gasteiger partial charge in [0.2, 0.25) is 0 Å². The number of carbonyl (C=O) groups excluding carboxylic acids is 1. The highest BCUT2D eigenvalue weighted by molar-refractivity contribution is 5.94. The average Bonchev–Trinajstić information content (AvgIpc) is 2.31. The maximum Gasteiger partial charge on any atom is 0.253 e. The lowest BCUT2D eigenvalue weighted by Gasteiger charge is -2.20. The van der Waals surface area contributed by atoms with Crippen molar-refractivity contribution in [2.75, 3.05) is 19.6 Å². The van der Waals surface area contributed by atoms with E-state index in [0.29, 0.717) is 6.54 Å². The summed E-state index contributed by atoms with van der Waals surface area (Å²) < 4.78 is 0. The molecule has 3 nitrogen and oxygen atoms in total. The van der Waals surface area contributed by atoms with Crippen molar-refractivity contribution >= 4 is 5.91 Å². The van der Waals surface area contributed by atoms with E-state index in [-0.39, 0.29) is 5.91 Å². The molecule has 0 aliphatic heterocycles. The van der Waals surface area contributed by atoms with Crippen LogP contribution in [0, 0.1) is 0 Å². The second-order valence-electron chi connectivity index (χ2n) is 3.39. The van der Waals surface area contributed by atoms with E-state index in [9.17, 15) is 4.79 Å². The van der Waals surface area contributed by atoms with Gasteiger partial charge in [-0.25, -0.2) is 0 Å². The van der Waals surface area contributed by atoms with Crippen molar-refractivity contribution in [1.29, 1.82) is 0 Å². The Labute approximate surface area is 90.9 Å². The Balaban J connectivity index is 2.65. The topological polar surface area (TPSA) is 46.3 Å². The van der Waals surface area contributed by atoms with Crippen LogP contribution in [0.15, 0.2) is 30.3 Å². The van der Waals surface area contributed by atoms with Crippen molar-refractivity contribution < 1.29 is 4.79 Å². The number of hydrogen-bond donors (Lipinski definition) is 1. The minimum Gasteiger partial charge on any atom is -0.339 e. The highest BCUT2D eigenvalue weighted by atomic mass is 16.2. The maximum absolute atomic E-state index is 12.0. The summed E-state index contributed by atoms with van der Waals surface area (Å²) in [5, 5.41) is 0. The molecule has 0 bridgehead atoms. The third kappa shape index (κ3) is 3.36. The zero-order valence-electron chi connectivity index (χ0n) is 9.15. The van der Waals surface area contributed by atoms with Gasteiger partial charge in [0.25, 0.3) is 5.91 Å². The van der Waals surface area contributed by atoms with E-state index in [2.05, 4.69) is 0 Å². The molecule has 82 valence electrons. The summed E-state index contributed by atoms with van der Waals surface area (Å²) in [5.74, 6) is 0.0894. The van der Waals surface area contributed by atoms with E-state index in [1.165, 1.54) is 0 Å². The first-order valence-electron chi connectivity index (χ1n) is 5.34. The summed E-state index contributed by atoms with van der Waals surface area (Å²) in [7, 11) is 0. The maximum atomic E-state index is 12.0. The highest BCUT2D eigenvalue weighted by Crippen LogP contribution is 2.04. The van der Waals surface area contributed by atoms with Crippen molar-refractivity contribution in [3.63, 3.8) is 0 Å². The molecule has 0 radical (unpaired) electrons. The monoisotopic (exact) mass is 206 g/mol. The zero-order valence-corrected chi connectivity index (χ0v) is 9.15. The first kappa shape index (κ1) is 11.7. The van der Waals surface area contributed by atoms with Crippen molar-refractivity contribution in [1.82, 2.24) is 4.90 Å². The minimum atomic E-state index is 0.0894. The number of benzene rings is 1. The molecule has 0 fully saturated rings. The Bertz CT molecular complexity index is 298. The van der Waals surface area contributed by atoms with E-state index >= 15 is 0 Å². The minimum absolute atomic E-state index is 0.0894. The Kier molecular flexibility index (Phi) is 4.84. The van der Waals surface area contributed by atoms with Crippen molar-refractivity contribution in [2.45, 2.75) is 13.3 Å². The van der Waals surface area contributed by atoms with Crippen LogP contribution in [0.25, 0.3) is 0 Å². The van der Waals surface area contributed by atoms with E-state index in [1.54, 1.807) is 0 Å². The molecule has 2 N–H and O–H groups in total. The molecular weight excluding hydrogens is 188 g/mol. The number of carbonyl (C=O) groups is 1. The molecule has 1 aromatic carbocycles. The smallest absolute Gasteiger partial charge is 0.253 e. The van der Waals surface area contributed by atoms with E-state index < -0.39 is 0 Å². The first-order valence-corrected chi connectivity index (χ1v) is 5.34. The molecule has 0 unspecified atom stereocenters. The third-order valence-electron chi connectivity index (χ3n) is 2.32. The van der Waals surface area contributed by atoms with Crippen LogP contribution in [0.1, 0.15) is 23.7 Å². The standard InChI is InChI=1S/C12H18N2O/c1-2-14(10-6-9-13)12(15)11-7-4-3-5-8-11/h3-5,7-8H,2,6,9-10,13H2,1H3. The van der Waals surface area contributed by atoms with Crippen molar-refractivity contribution in [2.24, 2.45) is 5.73 Å². The molecule has 0 aromatic heterocycles. The quantitative estimate of drug-likeness (QED) is 0.793. The third-order valence-corrected chi connectivity index (χ3v) is 2.32. The Morgan fingerprint density at radius 2 is 2.00 bits per heavy atom. The lowest BCUT2D eigenvalue weighted by atomic mass is 10.2. The molecule has 0 aliphatic rings. The van der Waals surface area contributed by atoms with Crippen LogP contribution in [-0.2, 0) is 0 Å². The molecule has 0 atom stereocenters. The molecule has 15 heavy (non-hydrogen) atoms. The lowest BCUT2D eigenvalue weighted by molar-refractivity contribution is 0.0763. The fourth-order valence-corrected chi connectivity index (χ4v) is 1.45. The molecule has 1 rings (SSSR count). The number of nitrogens with zero attached hydrogens (tertiary/aromatic N) is 1. The van der Waals surface area contributed by atoms with Crippen LogP contribution in [0.4, 0.5) is 0 Å². The van der Waals surface area contributed by atoms with Crippen LogP contribution < -0.4 is 5.73 Å². The van der Waals surface area contributed by atoms with Gasteiger partial charge in [0.15, 0.2) is 0 Å². The first-order chi connectivity index (χ1) is 7.29. The molecule has 0 saturated carbocycles. The second-order valence-corrected chi connectivity index (χ2v) is 3.39. The van der Waals surface area contributed by atoms with Crippen LogP contribution in [0.5, 0.6) is 0 Å². The van der Waals surface area contributed by atoms with Crippen LogP contribution >= 0.6 is 0 Å². The summed E-state index contributed by atoms with van der Waals surface area (Å²) in [5.41, 5.74) is 6.18. The molecule has 1 amide bonds. The Morgan fingerprint density at radius 3 is 2.53 bits per heavy atom. The molecule has 0 saturated heterocycles. The molecule has 3 heteroatoms. The molecule has 1 aromatic rings. The van der Waals surface area contributed by atoms with Gasteiger partial charge in [-0.05, 0) is 32.0 Å². The van der Waals surface area contributed by atoms with Gasteiger partial charge in [-0.1, -0.05) is 18.2 Å². The van der Waals surface area contributed by atoms with Gasteiger partial charge >= 0.3 is 0 Å². The normalized spacial score (nSPS) is 10.0. The molecule has 0 spiro atoms. The zero-order chi connectivity index (χ0) is 11.1. The lowest BCUT2D eigenvalue weighted by Crippen LogP contribution is -2.32. The summed E-state index contributed by atoms with van der Waals surface area (Å²) >= 11 is 0. The predicted octanol–water partition coefficient (Wildman–Crippen LogP) is 1.50. The van der Waals surface area contributed by atoms with E-state index in [1.807, 2.05) is 42.2 Å². The van der Waals surface area contributed by atoms with Crippen LogP contribution in [-0.4, -0.2) is 30.4 Å². The number of amides is 1. The number of rotatable bonds is 5. The van der Waals surface area contributed by atoms with Crippen LogP contribution in [0.3, 0.4) is 0 Å². The largest absolute Gasteiger partial charge is 0.339 e. The Hall–Kier alpha value is -1.35. The summed E-state index contributed by atoms with van der Waals surface area (Å²) in [6, 6.07) is 9.35. The SMILES string of the molecule is CCN(CCCN)C(=O)c1ccccc1. The average molecular weight is 206 g/mol.